The molecule has 0 aromatic rings. The van der Waals surface area contributed by atoms with E-state index in [1.165, 1.54) is 0 Å². The number of aliphatic imine (C=N–C) groups is 1. The highest BCUT2D eigenvalue weighted by Crippen LogP contribution is 2.03. The number of carboxylic acids is 2. The van der Waals surface area contributed by atoms with Gasteiger partial charge in [0, 0.05) is 18.1 Å². The number of thiol groups is 2. The Balaban J connectivity index is 5.29. The smallest absolute Gasteiger partial charge is 0.327 e. The van der Waals surface area contributed by atoms with E-state index in [2.05, 4.69) is 46.2 Å². The molecular weight excluding hydrogens is 466 g/mol. The lowest BCUT2D eigenvalue weighted by Crippen LogP contribution is -2.58. The molecule has 0 bridgehead atoms. The minimum atomic E-state index is -1.41. The van der Waals surface area contributed by atoms with Crippen LogP contribution in [0.4, 0.5) is 0 Å². The van der Waals surface area contributed by atoms with Gasteiger partial charge in [0.25, 0.3) is 0 Å². The van der Waals surface area contributed by atoms with Crippen molar-refractivity contribution in [3.05, 3.63) is 0 Å². The zero-order valence-corrected chi connectivity index (χ0v) is 18.9. The van der Waals surface area contributed by atoms with Gasteiger partial charge in [0.2, 0.25) is 17.7 Å². The van der Waals surface area contributed by atoms with E-state index in [4.69, 9.17) is 27.4 Å². The first-order valence-electron chi connectivity index (χ1n) is 9.31. The highest BCUT2D eigenvalue weighted by atomic mass is 32.1. The molecule has 11 N–H and O–H groups in total. The van der Waals surface area contributed by atoms with Gasteiger partial charge in [0.1, 0.15) is 18.1 Å². The van der Waals surface area contributed by atoms with Crippen LogP contribution >= 0.6 is 25.3 Å². The molecule has 14 nitrogen and oxygen atoms in total. The Labute approximate surface area is 194 Å². The number of carbonyl (C=O) groups is 5. The van der Waals surface area contributed by atoms with Gasteiger partial charge in [-0.3, -0.25) is 24.2 Å². The number of hydrogen-bond donors (Lipinski definition) is 10. The maximum Gasteiger partial charge on any atom is 0.327 e. The van der Waals surface area contributed by atoms with Gasteiger partial charge in [-0.1, -0.05) is 0 Å². The van der Waals surface area contributed by atoms with Gasteiger partial charge in [0.15, 0.2) is 5.96 Å². The van der Waals surface area contributed by atoms with Crippen molar-refractivity contribution in [3.8, 4) is 0 Å². The van der Waals surface area contributed by atoms with Gasteiger partial charge in [-0.25, -0.2) is 4.79 Å². The summed E-state index contributed by atoms with van der Waals surface area (Å²) >= 11 is 7.83. The van der Waals surface area contributed by atoms with Gasteiger partial charge in [0.05, 0.1) is 12.5 Å². The number of rotatable bonds is 15. The van der Waals surface area contributed by atoms with Crippen molar-refractivity contribution >= 4 is 60.9 Å². The van der Waals surface area contributed by atoms with E-state index in [-0.39, 0.29) is 36.9 Å². The molecule has 0 saturated heterocycles. The number of amides is 3. The van der Waals surface area contributed by atoms with Gasteiger partial charge in [-0.15, -0.1) is 0 Å². The Morgan fingerprint density at radius 2 is 1.34 bits per heavy atom. The number of carboxylic acid groups (broad SMARTS) is 2. The first kappa shape index (κ1) is 29.3. The fourth-order valence-corrected chi connectivity index (χ4v) is 2.76. The van der Waals surface area contributed by atoms with Crippen molar-refractivity contribution in [3.63, 3.8) is 0 Å². The zero-order chi connectivity index (χ0) is 24.8. The Bertz CT molecular complexity index is 719. The normalized spacial score (nSPS) is 14.2. The Kier molecular flexibility index (Phi) is 13.9. The summed E-state index contributed by atoms with van der Waals surface area (Å²) in [6.45, 7) is 0.141. The first-order valence-corrected chi connectivity index (χ1v) is 10.6. The molecule has 3 amide bonds. The molecule has 0 rings (SSSR count). The van der Waals surface area contributed by atoms with Crippen LogP contribution in [0.1, 0.15) is 19.3 Å². The standard InChI is InChI=1S/C16H29N7O7S2/c17-7(4-11(24)25)12(26)21-8(2-1-3-20-16(18)19)13(27)22-9(5-31)14(28)23-10(6-32)15(29)30/h7-10,31-32H,1-6,17H2,(H,21,26)(H,22,27)(H,23,28)(H,24,25)(H,29,30)(H4,18,19,20). The number of nitrogens with zero attached hydrogens (tertiary/aromatic N) is 1. The molecule has 182 valence electrons. The van der Waals surface area contributed by atoms with E-state index in [0.717, 1.165) is 0 Å². The molecule has 32 heavy (non-hydrogen) atoms. The lowest BCUT2D eigenvalue weighted by Gasteiger charge is -2.24. The molecule has 0 heterocycles. The van der Waals surface area contributed by atoms with Crippen LogP contribution in [0, 0.1) is 0 Å². The van der Waals surface area contributed by atoms with Gasteiger partial charge >= 0.3 is 11.9 Å². The van der Waals surface area contributed by atoms with E-state index in [1.54, 1.807) is 0 Å². The third-order valence-corrected chi connectivity index (χ3v) is 4.65. The summed E-state index contributed by atoms with van der Waals surface area (Å²) < 4.78 is 0. The largest absolute Gasteiger partial charge is 0.481 e. The second-order valence-corrected chi connectivity index (χ2v) is 7.27. The predicted octanol–water partition coefficient (Wildman–Crippen LogP) is -3.76. The Morgan fingerprint density at radius 3 is 1.81 bits per heavy atom. The van der Waals surface area contributed by atoms with Gasteiger partial charge in [-0.2, -0.15) is 25.3 Å². The summed E-state index contributed by atoms with van der Waals surface area (Å²) in [6, 6.07) is -5.12. The molecule has 0 radical (unpaired) electrons. The average Bonchev–Trinajstić information content (AvgIpc) is 2.70. The SMILES string of the molecule is NC(N)=NCCCC(NC(=O)C(N)CC(=O)O)C(=O)NC(CS)C(=O)NC(CS)C(=O)O. The van der Waals surface area contributed by atoms with Crippen LogP contribution in [0.5, 0.6) is 0 Å². The lowest BCUT2D eigenvalue weighted by molar-refractivity contribution is -0.141. The van der Waals surface area contributed by atoms with Crippen LogP contribution in [0.2, 0.25) is 0 Å². The molecule has 0 aliphatic carbocycles. The molecule has 0 aliphatic heterocycles. The Hall–Kier alpha value is -2.72. The average molecular weight is 496 g/mol. The molecule has 0 spiro atoms. The third-order valence-electron chi connectivity index (χ3n) is 3.92. The monoisotopic (exact) mass is 495 g/mol. The summed E-state index contributed by atoms with van der Waals surface area (Å²) in [7, 11) is 0. The number of guanidine groups is 1. The topological polar surface area (TPSA) is 252 Å². The minimum absolute atomic E-state index is 0.0312. The summed E-state index contributed by atoms with van der Waals surface area (Å²) in [5, 5.41) is 24.7. The predicted molar refractivity (Wildman–Crippen MR) is 121 cm³/mol. The van der Waals surface area contributed by atoms with Crippen LogP contribution in [0.15, 0.2) is 4.99 Å². The summed E-state index contributed by atoms with van der Waals surface area (Å²) in [5.41, 5.74) is 16.0. The van der Waals surface area contributed by atoms with Crippen molar-refractivity contribution in [2.24, 2.45) is 22.2 Å². The fraction of sp³-hybridized carbons (Fsp3) is 0.625. The maximum absolute atomic E-state index is 12.7. The van der Waals surface area contributed by atoms with E-state index in [9.17, 15) is 24.0 Å². The van der Waals surface area contributed by atoms with Crippen molar-refractivity contribution in [1.29, 1.82) is 0 Å². The van der Waals surface area contributed by atoms with E-state index in [0.29, 0.717) is 0 Å². The van der Waals surface area contributed by atoms with Crippen LogP contribution in [-0.4, -0.2) is 88.1 Å². The quantitative estimate of drug-likeness (QED) is 0.0459. The number of aliphatic carboxylic acids is 2. The number of nitrogens with one attached hydrogen (secondary N) is 3. The summed E-state index contributed by atoms with van der Waals surface area (Å²) in [5.74, 6) is -5.63. The van der Waals surface area contributed by atoms with Crippen LogP contribution in [0.25, 0.3) is 0 Å². The lowest BCUT2D eigenvalue weighted by atomic mass is 10.1. The number of hydrogen-bond acceptors (Lipinski definition) is 9. The van der Waals surface area contributed by atoms with Gasteiger partial charge in [-0.05, 0) is 12.8 Å². The molecule has 4 unspecified atom stereocenters. The second kappa shape index (κ2) is 15.1. The highest BCUT2D eigenvalue weighted by Gasteiger charge is 2.29. The highest BCUT2D eigenvalue weighted by molar-refractivity contribution is 7.80. The number of nitrogens with two attached hydrogens (primary N) is 3. The van der Waals surface area contributed by atoms with E-state index < -0.39 is 60.2 Å². The van der Waals surface area contributed by atoms with Crippen molar-refractivity contribution in [1.82, 2.24) is 16.0 Å². The zero-order valence-electron chi connectivity index (χ0n) is 17.1. The number of carbonyl (C=O) groups excluding carboxylic acids is 3. The van der Waals surface area contributed by atoms with Crippen molar-refractivity contribution in [2.45, 2.75) is 43.4 Å². The van der Waals surface area contributed by atoms with Gasteiger partial charge < -0.3 is 43.4 Å². The molecular formula is C16H29N7O7S2. The third kappa shape index (κ3) is 11.6. The molecule has 4 atom stereocenters. The first-order chi connectivity index (χ1) is 14.9. The van der Waals surface area contributed by atoms with Crippen LogP contribution in [-0.2, 0) is 24.0 Å². The molecule has 16 heteroatoms. The Morgan fingerprint density at radius 1 is 0.844 bits per heavy atom. The minimum Gasteiger partial charge on any atom is -0.481 e. The van der Waals surface area contributed by atoms with Crippen LogP contribution in [0.3, 0.4) is 0 Å². The molecule has 0 aliphatic rings. The van der Waals surface area contributed by atoms with Crippen LogP contribution < -0.4 is 33.2 Å². The molecule has 0 aromatic carbocycles. The molecule has 0 saturated carbocycles. The van der Waals surface area contributed by atoms with E-state index in [1.807, 2.05) is 0 Å². The second-order valence-electron chi connectivity index (χ2n) is 6.54. The van der Waals surface area contributed by atoms with Crippen molar-refractivity contribution in [2.75, 3.05) is 18.1 Å². The van der Waals surface area contributed by atoms with E-state index >= 15 is 0 Å². The van der Waals surface area contributed by atoms with Crippen molar-refractivity contribution < 1.29 is 34.2 Å². The summed E-state index contributed by atoms with van der Waals surface area (Å²) in [4.78, 5) is 62.7. The fourth-order valence-electron chi connectivity index (χ4n) is 2.26. The maximum atomic E-state index is 12.7. The molecule has 0 aromatic heterocycles. The summed E-state index contributed by atoms with van der Waals surface area (Å²) in [6.07, 6.45) is -0.373. The molecule has 0 fully saturated rings.